The maximum Gasteiger partial charge on any atom is 0.119 e. The number of nitrogens with two attached hydrogens (primary N) is 1. The van der Waals surface area contributed by atoms with Crippen LogP contribution in [0.25, 0.3) is 0 Å². The summed E-state index contributed by atoms with van der Waals surface area (Å²) in [4.78, 5) is 0. The van der Waals surface area contributed by atoms with Crippen LogP contribution in [0.3, 0.4) is 0 Å². The Kier molecular flexibility index (Phi) is 4.40. The normalized spacial score (nSPS) is 18.1. The average Bonchev–Trinajstić information content (AvgIpc) is 2.71. The molecule has 0 heterocycles. The SMILES string of the molecule is CCCOCCOc1ccc2c(c1)CCC2N. The van der Waals surface area contributed by atoms with E-state index in [1.54, 1.807) is 0 Å². The zero-order valence-electron chi connectivity index (χ0n) is 10.4. The van der Waals surface area contributed by atoms with Crippen LogP contribution in [0.5, 0.6) is 5.75 Å². The summed E-state index contributed by atoms with van der Waals surface area (Å²) >= 11 is 0. The minimum Gasteiger partial charge on any atom is -0.491 e. The first-order valence-electron chi connectivity index (χ1n) is 6.40. The molecule has 1 unspecified atom stereocenters. The largest absolute Gasteiger partial charge is 0.491 e. The van der Waals surface area contributed by atoms with Crippen LogP contribution >= 0.6 is 0 Å². The lowest BCUT2D eigenvalue weighted by atomic mass is 10.1. The van der Waals surface area contributed by atoms with E-state index in [-0.39, 0.29) is 6.04 Å². The highest BCUT2D eigenvalue weighted by molar-refractivity contribution is 5.40. The Balaban J connectivity index is 1.82. The van der Waals surface area contributed by atoms with Gasteiger partial charge in [0.05, 0.1) is 6.61 Å². The van der Waals surface area contributed by atoms with Gasteiger partial charge in [-0.3, -0.25) is 0 Å². The zero-order chi connectivity index (χ0) is 12.1. The Morgan fingerprint density at radius 3 is 3.00 bits per heavy atom. The van der Waals surface area contributed by atoms with Crippen LogP contribution in [-0.2, 0) is 11.2 Å². The molecule has 0 radical (unpaired) electrons. The van der Waals surface area contributed by atoms with Crippen LogP contribution in [-0.4, -0.2) is 19.8 Å². The number of ether oxygens (including phenoxy) is 2. The van der Waals surface area contributed by atoms with E-state index in [1.165, 1.54) is 11.1 Å². The van der Waals surface area contributed by atoms with Crippen molar-refractivity contribution in [3.05, 3.63) is 29.3 Å². The zero-order valence-corrected chi connectivity index (χ0v) is 10.4. The summed E-state index contributed by atoms with van der Waals surface area (Å²) in [5.41, 5.74) is 8.61. The number of hydrogen-bond acceptors (Lipinski definition) is 3. The van der Waals surface area contributed by atoms with Gasteiger partial charge in [-0.1, -0.05) is 13.0 Å². The predicted molar refractivity (Wildman–Crippen MR) is 68.3 cm³/mol. The molecule has 2 rings (SSSR count). The molecule has 0 amide bonds. The van der Waals surface area contributed by atoms with E-state index in [0.717, 1.165) is 31.6 Å². The van der Waals surface area contributed by atoms with Crippen molar-refractivity contribution in [1.29, 1.82) is 0 Å². The molecule has 3 heteroatoms. The van der Waals surface area contributed by atoms with Gasteiger partial charge < -0.3 is 15.2 Å². The molecule has 0 fully saturated rings. The topological polar surface area (TPSA) is 44.5 Å². The Hall–Kier alpha value is -1.06. The van der Waals surface area contributed by atoms with Gasteiger partial charge in [0.15, 0.2) is 0 Å². The molecule has 94 valence electrons. The first-order chi connectivity index (χ1) is 8.31. The van der Waals surface area contributed by atoms with Crippen molar-refractivity contribution >= 4 is 0 Å². The molecule has 0 saturated carbocycles. The van der Waals surface area contributed by atoms with E-state index in [0.29, 0.717) is 13.2 Å². The smallest absolute Gasteiger partial charge is 0.119 e. The van der Waals surface area contributed by atoms with Gasteiger partial charge in [-0.2, -0.15) is 0 Å². The lowest BCUT2D eigenvalue weighted by molar-refractivity contribution is 0.101. The van der Waals surface area contributed by atoms with Crippen LogP contribution in [0.2, 0.25) is 0 Å². The molecule has 0 aromatic heterocycles. The molecule has 1 aliphatic carbocycles. The predicted octanol–water partition coefficient (Wildman–Crippen LogP) is 2.44. The summed E-state index contributed by atoms with van der Waals surface area (Å²) in [6.45, 7) is 4.18. The maximum atomic E-state index is 5.99. The number of rotatable bonds is 6. The highest BCUT2D eigenvalue weighted by Gasteiger charge is 2.18. The van der Waals surface area contributed by atoms with Gasteiger partial charge in [-0.05, 0) is 42.5 Å². The van der Waals surface area contributed by atoms with Gasteiger partial charge in [0.2, 0.25) is 0 Å². The highest BCUT2D eigenvalue weighted by atomic mass is 16.5. The molecule has 2 N–H and O–H groups in total. The van der Waals surface area contributed by atoms with E-state index < -0.39 is 0 Å². The quantitative estimate of drug-likeness (QED) is 0.770. The van der Waals surface area contributed by atoms with Crippen molar-refractivity contribution < 1.29 is 9.47 Å². The van der Waals surface area contributed by atoms with E-state index in [4.69, 9.17) is 15.2 Å². The molecule has 1 aliphatic rings. The summed E-state index contributed by atoms with van der Waals surface area (Å²) in [7, 11) is 0. The van der Waals surface area contributed by atoms with Gasteiger partial charge in [0.25, 0.3) is 0 Å². The van der Waals surface area contributed by atoms with E-state index >= 15 is 0 Å². The fourth-order valence-corrected chi connectivity index (χ4v) is 2.18. The Bertz CT molecular complexity index is 365. The van der Waals surface area contributed by atoms with Crippen molar-refractivity contribution in [2.45, 2.75) is 32.2 Å². The molecule has 0 aliphatic heterocycles. The lowest BCUT2D eigenvalue weighted by Crippen LogP contribution is -2.08. The summed E-state index contributed by atoms with van der Waals surface area (Å²) in [6.07, 6.45) is 3.18. The molecule has 0 spiro atoms. The third kappa shape index (κ3) is 3.20. The van der Waals surface area contributed by atoms with Crippen molar-refractivity contribution in [1.82, 2.24) is 0 Å². The minimum absolute atomic E-state index is 0.215. The van der Waals surface area contributed by atoms with Crippen LogP contribution in [0.15, 0.2) is 18.2 Å². The van der Waals surface area contributed by atoms with E-state index in [9.17, 15) is 0 Å². The van der Waals surface area contributed by atoms with Gasteiger partial charge in [0, 0.05) is 12.6 Å². The monoisotopic (exact) mass is 235 g/mol. The molecule has 0 saturated heterocycles. The second-order valence-corrected chi connectivity index (χ2v) is 4.47. The summed E-state index contributed by atoms with van der Waals surface area (Å²) in [5, 5.41) is 0. The first-order valence-corrected chi connectivity index (χ1v) is 6.40. The Morgan fingerprint density at radius 2 is 2.18 bits per heavy atom. The van der Waals surface area contributed by atoms with Crippen LogP contribution in [0.1, 0.15) is 36.9 Å². The summed E-state index contributed by atoms with van der Waals surface area (Å²) in [5.74, 6) is 0.929. The average molecular weight is 235 g/mol. The van der Waals surface area contributed by atoms with E-state index in [2.05, 4.69) is 19.1 Å². The lowest BCUT2D eigenvalue weighted by Gasteiger charge is -2.09. The Morgan fingerprint density at radius 1 is 1.29 bits per heavy atom. The molecule has 3 nitrogen and oxygen atoms in total. The van der Waals surface area contributed by atoms with Gasteiger partial charge >= 0.3 is 0 Å². The third-order valence-electron chi connectivity index (χ3n) is 3.08. The third-order valence-corrected chi connectivity index (χ3v) is 3.08. The van der Waals surface area contributed by atoms with E-state index in [1.807, 2.05) is 6.07 Å². The molecular formula is C14H21NO2. The van der Waals surface area contributed by atoms with Gasteiger partial charge in [-0.25, -0.2) is 0 Å². The second kappa shape index (κ2) is 6.03. The van der Waals surface area contributed by atoms with Crippen molar-refractivity contribution in [3.63, 3.8) is 0 Å². The molecule has 1 atom stereocenters. The van der Waals surface area contributed by atoms with Crippen molar-refractivity contribution in [3.8, 4) is 5.75 Å². The number of benzene rings is 1. The molecule has 17 heavy (non-hydrogen) atoms. The highest BCUT2D eigenvalue weighted by Crippen LogP contribution is 2.31. The number of fused-ring (bicyclic) bond motifs is 1. The summed E-state index contributed by atoms with van der Waals surface area (Å²) in [6, 6.07) is 6.42. The fraction of sp³-hybridized carbons (Fsp3) is 0.571. The molecule has 1 aromatic carbocycles. The standard InChI is InChI=1S/C14H21NO2/c1-2-7-16-8-9-17-12-4-5-13-11(10-12)3-6-14(13)15/h4-5,10,14H,2-3,6-9,15H2,1H3. The first kappa shape index (κ1) is 12.4. The van der Waals surface area contributed by atoms with Crippen molar-refractivity contribution in [2.75, 3.05) is 19.8 Å². The summed E-state index contributed by atoms with van der Waals surface area (Å²) < 4.78 is 11.0. The molecular weight excluding hydrogens is 214 g/mol. The number of aryl methyl sites for hydroxylation is 1. The Labute approximate surface area is 103 Å². The van der Waals surface area contributed by atoms with Crippen molar-refractivity contribution in [2.24, 2.45) is 5.73 Å². The van der Waals surface area contributed by atoms with Crippen LogP contribution < -0.4 is 10.5 Å². The fourth-order valence-electron chi connectivity index (χ4n) is 2.18. The molecule has 0 bridgehead atoms. The van der Waals surface area contributed by atoms with Gasteiger partial charge in [0.1, 0.15) is 12.4 Å². The minimum atomic E-state index is 0.215. The second-order valence-electron chi connectivity index (χ2n) is 4.47. The van der Waals surface area contributed by atoms with Crippen LogP contribution in [0, 0.1) is 0 Å². The maximum absolute atomic E-state index is 5.99. The van der Waals surface area contributed by atoms with Gasteiger partial charge in [-0.15, -0.1) is 0 Å². The molecule has 1 aromatic rings. The van der Waals surface area contributed by atoms with Crippen LogP contribution in [0.4, 0.5) is 0 Å². The number of hydrogen-bond donors (Lipinski definition) is 1.